The fourth-order valence-corrected chi connectivity index (χ4v) is 4.31. The van der Waals surface area contributed by atoms with Crippen LogP contribution in [0.15, 0.2) is 24.3 Å². The molecule has 1 saturated heterocycles. The molecule has 2 unspecified atom stereocenters. The van der Waals surface area contributed by atoms with Gasteiger partial charge in [0.25, 0.3) is 5.88 Å². The molecular formula is C22H29N3O3. The third kappa shape index (κ3) is 3.92. The van der Waals surface area contributed by atoms with E-state index in [1.165, 1.54) is 5.56 Å². The van der Waals surface area contributed by atoms with Crippen LogP contribution in [0.3, 0.4) is 0 Å². The van der Waals surface area contributed by atoms with Crippen LogP contribution in [0, 0.1) is 12.3 Å². The Morgan fingerprint density at radius 1 is 1.21 bits per heavy atom. The number of aryl methyl sites for hydroxylation is 1. The number of methoxy groups -OCH3 is 1. The molecule has 4 heterocycles. The van der Waals surface area contributed by atoms with Crippen molar-refractivity contribution < 1.29 is 14.2 Å². The fourth-order valence-electron chi connectivity index (χ4n) is 4.31. The van der Waals surface area contributed by atoms with Crippen molar-refractivity contribution in [1.29, 1.82) is 0 Å². The average Bonchev–Trinajstić information content (AvgIpc) is 3.08. The number of rotatable bonds is 5. The van der Waals surface area contributed by atoms with Gasteiger partial charge in [-0.2, -0.15) is 0 Å². The summed E-state index contributed by atoms with van der Waals surface area (Å²) in [5.74, 6) is 2.06. The summed E-state index contributed by atoms with van der Waals surface area (Å²) in [5, 5.41) is 0. The minimum Gasteiger partial charge on any atom is -0.484 e. The highest BCUT2D eigenvalue weighted by Crippen LogP contribution is 2.39. The second-order valence-electron chi connectivity index (χ2n) is 8.28. The summed E-state index contributed by atoms with van der Waals surface area (Å²) in [4.78, 5) is 11.6. The van der Waals surface area contributed by atoms with Crippen molar-refractivity contribution in [3.8, 4) is 17.5 Å². The summed E-state index contributed by atoms with van der Waals surface area (Å²) in [6.45, 7) is 9.87. The molecule has 150 valence electrons. The van der Waals surface area contributed by atoms with Crippen molar-refractivity contribution in [2.75, 3.05) is 33.4 Å². The zero-order valence-electron chi connectivity index (χ0n) is 17.2. The molecule has 4 rings (SSSR count). The van der Waals surface area contributed by atoms with Gasteiger partial charge in [-0.25, -0.2) is 9.97 Å². The largest absolute Gasteiger partial charge is 0.484 e. The molecule has 0 amide bonds. The van der Waals surface area contributed by atoms with E-state index in [9.17, 15) is 0 Å². The average molecular weight is 383 g/mol. The van der Waals surface area contributed by atoms with Crippen molar-refractivity contribution in [3.05, 3.63) is 41.2 Å². The van der Waals surface area contributed by atoms with Crippen molar-refractivity contribution >= 4 is 0 Å². The number of aromatic nitrogens is 2. The van der Waals surface area contributed by atoms with E-state index in [-0.39, 0.29) is 11.5 Å². The molecule has 0 saturated carbocycles. The van der Waals surface area contributed by atoms with Crippen LogP contribution >= 0.6 is 0 Å². The maximum absolute atomic E-state index is 5.66. The molecule has 0 bridgehead atoms. The SMILES string of the molecule is COc1cc(CC2(C)CCN(C(C)c3ccc4c(n3)OCCO4)C2)cc(C)n1. The maximum Gasteiger partial charge on any atom is 0.257 e. The smallest absolute Gasteiger partial charge is 0.257 e. The Bertz CT molecular complexity index is 857. The first kappa shape index (κ1) is 19.0. The monoisotopic (exact) mass is 383 g/mol. The number of nitrogens with zero attached hydrogens (tertiary/aromatic N) is 3. The van der Waals surface area contributed by atoms with Gasteiger partial charge in [0.2, 0.25) is 5.88 Å². The minimum atomic E-state index is 0.223. The van der Waals surface area contributed by atoms with Crippen molar-refractivity contribution in [2.24, 2.45) is 5.41 Å². The highest BCUT2D eigenvalue weighted by molar-refractivity contribution is 5.36. The van der Waals surface area contributed by atoms with E-state index < -0.39 is 0 Å². The van der Waals surface area contributed by atoms with E-state index in [1.807, 2.05) is 13.0 Å². The molecule has 2 aromatic heterocycles. The molecule has 2 aromatic rings. The molecule has 0 radical (unpaired) electrons. The van der Waals surface area contributed by atoms with Gasteiger partial charge in [0.15, 0.2) is 5.75 Å². The zero-order chi connectivity index (χ0) is 19.7. The van der Waals surface area contributed by atoms with Crippen LogP contribution < -0.4 is 14.2 Å². The summed E-state index contributed by atoms with van der Waals surface area (Å²) < 4.78 is 16.6. The first-order chi connectivity index (χ1) is 13.5. The molecule has 2 aliphatic heterocycles. The summed E-state index contributed by atoms with van der Waals surface area (Å²) in [7, 11) is 1.67. The molecule has 0 aromatic carbocycles. The van der Waals surface area contributed by atoms with Gasteiger partial charge in [0, 0.05) is 24.3 Å². The third-order valence-electron chi connectivity index (χ3n) is 5.82. The highest BCUT2D eigenvalue weighted by Gasteiger charge is 2.36. The van der Waals surface area contributed by atoms with Gasteiger partial charge in [-0.3, -0.25) is 4.90 Å². The zero-order valence-corrected chi connectivity index (χ0v) is 17.2. The van der Waals surface area contributed by atoms with Crippen LogP contribution in [0.1, 0.15) is 43.3 Å². The molecule has 0 aliphatic carbocycles. The lowest BCUT2D eigenvalue weighted by atomic mass is 9.83. The minimum absolute atomic E-state index is 0.223. The topological polar surface area (TPSA) is 56.7 Å². The molecule has 2 aliphatic rings. The number of hydrogen-bond acceptors (Lipinski definition) is 6. The Labute approximate surface area is 166 Å². The van der Waals surface area contributed by atoms with Crippen molar-refractivity contribution in [1.82, 2.24) is 14.9 Å². The summed E-state index contributed by atoms with van der Waals surface area (Å²) in [6, 6.07) is 8.51. The van der Waals surface area contributed by atoms with E-state index in [0.29, 0.717) is 25.0 Å². The Kier molecular flexibility index (Phi) is 5.15. The van der Waals surface area contributed by atoms with Gasteiger partial charge >= 0.3 is 0 Å². The lowest BCUT2D eigenvalue weighted by Gasteiger charge is -2.29. The van der Waals surface area contributed by atoms with Crippen LogP contribution in [0.5, 0.6) is 17.5 Å². The predicted molar refractivity (Wildman–Crippen MR) is 107 cm³/mol. The number of ether oxygens (including phenoxy) is 3. The number of hydrogen-bond donors (Lipinski definition) is 0. The first-order valence-corrected chi connectivity index (χ1v) is 9.98. The number of fused-ring (bicyclic) bond motifs is 1. The van der Waals surface area contributed by atoms with E-state index in [0.717, 1.165) is 43.1 Å². The van der Waals surface area contributed by atoms with E-state index >= 15 is 0 Å². The number of likely N-dealkylation sites (tertiary alicyclic amines) is 1. The van der Waals surface area contributed by atoms with Crippen molar-refractivity contribution in [2.45, 2.75) is 39.7 Å². The standard InChI is InChI=1S/C22H29N3O3/c1-15-11-17(12-20(23-15)26-4)13-22(3)7-8-25(14-22)16(2)18-5-6-19-21(24-18)28-10-9-27-19/h5-6,11-12,16H,7-10,13-14H2,1-4H3. The summed E-state index contributed by atoms with van der Waals surface area (Å²) >= 11 is 0. The Hall–Kier alpha value is -2.34. The van der Waals surface area contributed by atoms with E-state index in [4.69, 9.17) is 19.2 Å². The molecule has 0 spiro atoms. The van der Waals surface area contributed by atoms with Gasteiger partial charge in [-0.1, -0.05) is 6.92 Å². The molecule has 28 heavy (non-hydrogen) atoms. The van der Waals surface area contributed by atoms with Gasteiger partial charge in [-0.05, 0) is 62.4 Å². The molecule has 1 fully saturated rings. The Morgan fingerprint density at radius 3 is 2.86 bits per heavy atom. The lowest BCUT2D eigenvalue weighted by molar-refractivity contribution is 0.161. The molecule has 6 heteroatoms. The fraction of sp³-hybridized carbons (Fsp3) is 0.545. The quantitative estimate of drug-likeness (QED) is 0.787. The third-order valence-corrected chi connectivity index (χ3v) is 5.82. The second-order valence-corrected chi connectivity index (χ2v) is 8.28. The maximum atomic E-state index is 5.66. The lowest BCUT2D eigenvalue weighted by Crippen LogP contribution is -2.29. The van der Waals surface area contributed by atoms with E-state index in [2.05, 4.69) is 41.9 Å². The van der Waals surface area contributed by atoms with Crippen LogP contribution in [-0.4, -0.2) is 48.3 Å². The first-order valence-electron chi connectivity index (χ1n) is 9.98. The molecular weight excluding hydrogens is 354 g/mol. The van der Waals surface area contributed by atoms with Gasteiger partial charge < -0.3 is 14.2 Å². The highest BCUT2D eigenvalue weighted by atomic mass is 16.6. The van der Waals surface area contributed by atoms with Crippen LogP contribution in [0.25, 0.3) is 0 Å². The van der Waals surface area contributed by atoms with E-state index in [1.54, 1.807) is 7.11 Å². The van der Waals surface area contributed by atoms with Crippen LogP contribution in [0.2, 0.25) is 0 Å². The Morgan fingerprint density at radius 2 is 2.04 bits per heavy atom. The van der Waals surface area contributed by atoms with Crippen molar-refractivity contribution in [3.63, 3.8) is 0 Å². The number of pyridine rings is 2. The summed E-state index contributed by atoms with van der Waals surface area (Å²) in [6.07, 6.45) is 2.18. The Balaban J connectivity index is 1.46. The second kappa shape index (κ2) is 7.59. The summed E-state index contributed by atoms with van der Waals surface area (Å²) in [5.41, 5.74) is 3.55. The molecule has 6 nitrogen and oxygen atoms in total. The van der Waals surface area contributed by atoms with Gasteiger partial charge in [0.1, 0.15) is 13.2 Å². The normalized spacial score (nSPS) is 22.9. The van der Waals surface area contributed by atoms with Crippen LogP contribution in [-0.2, 0) is 6.42 Å². The van der Waals surface area contributed by atoms with Crippen LogP contribution in [0.4, 0.5) is 0 Å². The predicted octanol–water partition coefficient (Wildman–Crippen LogP) is 3.58. The molecule has 2 atom stereocenters. The van der Waals surface area contributed by atoms with Gasteiger partial charge in [-0.15, -0.1) is 0 Å². The van der Waals surface area contributed by atoms with Gasteiger partial charge in [0.05, 0.1) is 12.8 Å². The molecule has 0 N–H and O–H groups in total.